The van der Waals surface area contributed by atoms with Gasteiger partial charge in [-0.3, -0.25) is 9.59 Å². The van der Waals surface area contributed by atoms with Crippen LogP contribution in [0, 0.1) is 5.41 Å². The van der Waals surface area contributed by atoms with Gasteiger partial charge in [-0.1, -0.05) is 6.07 Å². The van der Waals surface area contributed by atoms with Crippen LogP contribution in [-0.4, -0.2) is 24.2 Å². The largest absolute Gasteiger partial charge is 0.459 e. The van der Waals surface area contributed by atoms with E-state index in [0.717, 1.165) is 24.1 Å². The van der Waals surface area contributed by atoms with Gasteiger partial charge in [0.2, 0.25) is 5.91 Å². The average Bonchev–Trinajstić information content (AvgIpc) is 3.15. The summed E-state index contributed by atoms with van der Waals surface area (Å²) < 4.78 is 5.24. The number of hydrogen-bond acceptors (Lipinski definition) is 3. The molecule has 25 heavy (non-hydrogen) atoms. The fourth-order valence-electron chi connectivity index (χ4n) is 2.76. The van der Waals surface area contributed by atoms with Crippen LogP contribution in [0.25, 0.3) is 0 Å². The van der Waals surface area contributed by atoms with E-state index in [-0.39, 0.29) is 17.7 Å². The van der Waals surface area contributed by atoms with Gasteiger partial charge in [-0.25, -0.2) is 0 Å². The average molecular weight is 361 g/mol. The molecule has 2 aromatic rings. The number of nitrogens with one attached hydrogen (secondary N) is 1. The van der Waals surface area contributed by atoms with Gasteiger partial charge in [0.15, 0.2) is 5.76 Å². The molecule has 132 valence electrons. The number of hydrogen-bond donors (Lipinski definition) is 1. The lowest BCUT2D eigenvalue weighted by atomic mass is 9.95. The van der Waals surface area contributed by atoms with Crippen LogP contribution < -0.4 is 10.2 Å². The quantitative estimate of drug-likeness (QED) is 0.836. The van der Waals surface area contributed by atoms with Crippen molar-refractivity contribution < 1.29 is 14.0 Å². The maximum Gasteiger partial charge on any atom is 0.293 e. The van der Waals surface area contributed by atoms with Crippen LogP contribution in [-0.2, 0) is 11.2 Å². The van der Waals surface area contributed by atoms with E-state index in [1.807, 2.05) is 18.2 Å². The highest BCUT2D eigenvalue weighted by Gasteiger charge is 2.28. The minimum absolute atomic E-state index is 0.151. The van der Waals surface area contributed by atoms with Crippen molar-refractivity contribution in [3.63, 3.8) is 0 Å². The van der Waals surface area contributed by atoms with Crippen LogP contribution in [0.15, 0.2) is 41.0 Å². The Kier molecular flexibility index (Phi) is 4.86. The number of benzene rings is 1. The SMILES string of the molecule is CC(C)(CCl)C(=O)Nc1ccc2c(c1)N(C(=O)c1ccco1)CCC2. The molecule has 0 radical (unpaired) electrons. The van der Waals surface area contributed by atoms with E-state index in [4.69, 9.17) is 16.0 Å². The van der Waals surface area contributed by atoms with Crippen LogP contribution in [0.5, 0.6) is 0 Å². The molecule has 0 fully saturated rings. The highest BCUT2D eigenvalue weighted by atomic mass is 35.5. The summed E-state index contributed by atoms with van der Waals surface area (Å²) >= 11 is 5.87. The molecule has 0 aliphatic carbocycles. The zero-order valence-electron chi connectivity index (χ0n) is 14.3. The molecule has 1 aromatic carbocycles. The molecule has 1 N–H and O–H groups in total. The van der Waals surface area contributed by atoms with Crippen molar-refractivity contribution in [3.8, 4) is 0 Å². The van der Waals surface area contributed by atoms with Gasteiger partial charge in [0, 0.05) is 23.8 Å². The van der Waals surface area contributed by atoms with Gasteiger partial charge in [-0.2, -0.15) is 0 Å². The summed E-state index contributed by atoms with van der Waals surface area (Å²) in [6.07, 6.45) is 3.28. The Morgan fingerprint density at radius 1 is 1.32 bits per heavy atom. The Balaban J connectivity index is 1.88. The van der Waals surface area contributed by atoms with Gasteiger partial charge in [0.05, 0.1) is 11.7 Å². The molecule has 3 rings (SSSR count). The highest BCUT2D eigenvalue weighted by molar-refractivity contribution is 6.20. The zero-order chi connectivity index (χ0) is 18.0. The molecule has 0 saturated carbocycles. The first kappa shape index (κ1) is 17.5. The van der Waals surface area contributed by atoms with Crippen LogP contribution in [0.1, 0.15) is 36.4 Å². The molecule has 0 spiro atoms. The monoisotopic (exact) mass is 360 g/mol. The third kappa shape index (κ3) is 3.56. The van der Waals surface area contributed by atoms with E-state index in [1.54, 1.807) is 30.9 Å². The maximum atomic E-state index is 12.7. The molecule has 1 aliphatic rings. The maximum absolute atomic E-state index is 12.7. The lowest BCUT2D eigenvalue weighted by Crippen LogP contribution is -2.35. The summed E-state index contributed by atoms with van der Waals surface area (Å²) in [6.45, 7) is 4.21. The first-order chi connectivity index (χ1) is 11.9. The van der Waals surface area contributed by atoms with E-state index in [2.05, 4.69) is 5.32 Å². The molecule has 2 amide bonds. The lowest BCUT2D eigenvalue weighted by molar-refractivity contribution is -0.122. The minimum Gasteiger partial charge on any atom is -0.459 e. The number of amides is 2. The minimum atomic E-state index is -0.666. The molecule has 1 aliphatic heterocycles. The second kappa shape index (κ2) is 6.92. The van der Waals surface area contributed by atoms with Gasteiger partial charge in [-0.15, -0.1) is 11.6 Å². The number of rotatable bonds is 4. The van der Waals surface area contributed by atoms with E-state index in [9.17, 15) is 9.59 Å². The Hall–Kier alpha value is -2.27. The predicted molar refractivity (Wildman–Crippen MR) is 98.3 cm³/mol. The van der Waals surface area contributed by atoms with E-state index in [1.165, 1.54) is 6.26 Å². The molecule has 0 saturated heterocycles. The van der Waals surface area contributed by atoms with Gasteiger partial charge in [0.1, 0.15) is 0 Å². The molecular weight excluding hydrogens is 340 g/mol. The normalized spacial score (nSPS) is 14.1. The summed E-state index contributed by atoms with van der Waals surface area (Å²) in [5.41, 5.74) is 1.89. The van der Waals surface area contributed by atoms with Crippen molar-refractivity contribution >= 4 is 34.8 Å². The van der Waals surface area contributed by atoms with E-state index < -0.39 is 5.41 Å². The molecule has 0 unspecified atom stereocenters. The number of nitrogens with zero attached hydrogens (tertiary/aromatic N) is 1. The molecule has 0 bridgehead atoms. The Labute approximate surface area is 151 Å². The van der Waals surface area contributed by atoms with Gasteiger partial charge in [0.25, 0.3) is 5.91 Å². The number of carbonyl (C=O) groups is 2. The smallest absolute Gasteiger partial charge is 0.293 e. The fourth-order valence-corrected chi connectivity index (χ4v) is 2.88. The van der Waals surface area contributed by atoms with Crippen molar-refractivity contribution in [3.05, 3.63) is 47.9 Å². The third-order valence-corrected chi connectivity index (χ3v) is 5.06. The fraction of sp³-hybridized carbons (Fsp3) is 0.368. The van der Waals surface area contributed by atoms with Crippen molar-refractivity contribution in [2.45, 2.75) is 26.7 Å². The zero-order valence-corrected chi connectivity index (χ0v) is 15.1. The molecule has 0 atom stereocenters. The molecule has 1 aromatic heterocycles. The van der Waals surface area contributed by atoms with Crippen molar-refractivity contribution in [1.82, 2.24) is 0 Å². The Morgan fingerprint density at radius 2 is 2.12 bits per heavy atom. The highest BCUT2D eigenvalue weighted by Crippen LogP contribution is 2.32. The predicted octanol–water partition coefficient (Wildman–Crippen LogP) is 4.08. The van der Waals surface area contributed by atoms with E-state index in [0.29, 0.717) is 18.0 Å². The number of furan rings is 1. The molecular formula is C19H21ClN2O3. The van der Waals surface area contributed by atoms with Crippen molar-refractivity contribution in [2.75, 3.05) is 22.6 Å². The number of fused-ring (bicyclic) bond motifs is 1. The third-order valence-electron chi connectivity index (χ3n) is 4.39. The van der Waals surface area contributed by atoms with Crippen LogP contribution in [0.2, 0.25) is 0 Å². The van der Waals surface area contributed by atoms with Gasteiger partial charge in [-0.05, 0) is 56.5 Å². The van der Waals surface area contributed by atoms with Gasteiger partial charge >= 0.3 is 0 Å². The number of alkyl halides is 1. The lowest BCUT2D eigenvalue weighted by Gasteiger charge is -2.29. The molecule has 2 heterocycles. The molecule has 6 heteroatoms. The second-order valence-corrected chi connectivity index (χ2v) is 7.12. The van der Waals surface area contributed by atoms with Crippen molar-refractivity contribution in [1.29, 1.82) is 0 Å². The summed E-state index contributed by atoms with van der Waals surface area (Å²) in [6, 6.07) is 9.02. The first-order valence-electron chi connectivity index (χ1n) is 8.28. The molecule has 5 nitrogen and oxygen atoms in total. The number of aryl methyl sites for hydroxylation is 1. The summed E-state index contributed by atoms with van der Waals surface area (Å²) in [5.74, 6) is 0.218. The summed E-state index contributed by atoms with van der Waals surface area (Å²) in [5, 5.41) is 2.89. The van der Waals surface area contributed by atoms with Crippen LogP contribution >= 0.6 is 11.6 Å². The van der Waals surface area contributed by atoms with Crippen LogP contribution in [0.3, 0.4) is 0 Å². The standard InChI is InChI=1S/C19H21ClN2O3/c1-19(2,12-20)18(24)21-14-8-7-13-5-3-9-22(15(13)11-14)17(23)16-6-4-10-25-16/h4,6-8,10-11H,3,5,9,12H2,1-2H3,(H,21,24). The summed E-state index contributed by atoms with van der Waals surface area (Å²) in [7, 11) is 0. The Bertz CT molecular complexity index is 784. The first-order valence-corrected chi connectivity index (χ1v) is 8.81. The van der Waals surface area contributed by atoms with Gasteiger partial charge < -0.3 is 14.6 Å². The van der Waals surface area contributed by atoms with Crippen molar-refractivity contribution in [2.24, 2.45) is 5.41 Å². The number of halogens is 1. The number of carbonyl (C=O) groups excluding carboxylic acids is 2. The second-order valence-electron chi connectivity index (χ2n) is 6.85. The Morgan fingerprint density at radius 3 is 2.80 bits per heavy atom. The summed E-state index contributed by atoms with van der Waals surface area (Å²) in [4.78, 5) is 26.7. The van der Waals surface area contributed by atoms with Crippen LogP contribution in [0.4, 0.5) is 11.4 Å². The topological polar surface area (TPSA) is 62.6 Å². The number of anilines is 2. The van der Waals surface area contributed by atoms with E-state index >= 15 is 0 Å².